The average Bonchev–Trinajstić information content (AvgIpc) is 2.83. The van der Waals surface area contributed by atoms with Crippen molar-refractivity contribution in [3.05, 3.63) is 18.0 Å². The third-order valence-electron chi connectivity index (χ3n) is 3.73. The van der Waals surface area contributed by atoms with Crippen molar-refractivity contribution in [3.63, 3.8) is 0 Å². The highest BCUT2D eigenvalue weighted by Gasteiger charge is 2.14. The molecule has 0 saturated carbocycles. The number of carbonyl (C=O) groups excluding carboxylic acids is 1. The number of nitrogens with one attached hydrogen (secondary N) is 2. The first-order chi connectivity index (χ1) is 9.24. The molecule has 0 aliphatic carbocycles. The monoisotopic (exact) mass is 264 g/mol. The van der Waals surface area contributed by atoms with Crippen LogP contribution in [0.25, 0.3) is 0 Å². The number of aryl methyl sites for hydroxylation is 1. The summed E-state index contributed by atoms with van der Waals surface area (Å²) in [4.78, 5) is 11.7. The van der Waals surface area contributed by atoms with E-state index in [1.54, 1.807) is 4.68 Å². The number of aromatic nitrogens is 2. The third-order valence-corrected chi connectivity index (χ3v) is 3.73. The van der Waals surface area contributed by atoms with Gasteiger partial charge in [0.05, 0.1) is 6.20 Å². The Kier molecular flexibility index (Phi) is 5.39. The fourth-order valence-corrected chi connectivity index (χ4v) is 2.54. The molecule has 1 aliphatic heterocycles. The molecule has 1 aliphatic rings. The highest BCUT2D eigenvalue weighted by molar-refractivity contribution is 5.75. The maximum Gasteiger partial charge on any atom is 0.220 e. The number of rotatable bonds is 6. The Hall–Kier alpha value is -1.36. The molecule has 19 heavy (non-hydrogen) atoms. The normalized spacial score (nSPS) is 16.5. The zero-order chi connectivity index (χ0) is 13.5. The summed E-state index contributed by atoms with van der Waals surface area (Å²) in [5, 5.41) is 10.4. The summed E-state index contributed by atoms with van der Waals surface area (Å²) < 4.78 is 1.79. The first-order valence-electron chi connectivity index (χ1n) is 7.19. The summed E-state index contributed by atoms with van der Waals surface area (Å²) in [6.45, 7) is 2.91. The van der Waals surface area contributed by atoms with Crippen LogP contribution in [-0.2, 0) is 18.3 Å². The van der Waals surface area contributed by atoms with Crippen molar-refractivity contribution in [1.29, 1.82) is 0 Å². The standard InChI is InChI=1S/C14H24N4O/c1-18-11-13(10-17-18)6-9-16-14(19)3-2-12-4-7-15-8-5-12/h10-12,15H,2-9H2,1H3,(H,16,19). The van der Waals surface area contributed by atoms with Crippen LogP contribution in [0.1, 0.15) is 31.2 Å². The topological polar surface area (TPSA) is 59.0 Å². The van der Waals surface area contributed by atoms with Crippen molar-refractivity contribution in [2.45, 2.75) is 32.1 Å². The quantitative estimate of drug-likeness (QED) is 0.801. The molecule has 5 nitrogen and oxygen atoms in total. The van der Waals surface area contributed by atoms with Gasteiger partial charge in [-0.15, -0.1) is 0 Å². The summed E-state index contributed by atoms with van der Waals surface area (Å²) in [5.74, 6) is 0.910. The predicted octanol–water partition coefficient (Wildman–Crippen LogP) is 0.859. The second-order valence-corrected chi connectivity index (χ2v) is 5.35. The Bertz CT molecular complexity index is 396. The molecule has 2 N–H and O–H groups in total. The van der Waals surface area contributed by atoms with Gasteiger partial charge < -0.3 is 10.6 Å². The zero-order valence-electron chi connectivity index (χ0n) is 11.7. The van der Waals surface area contributed by atoms with Crippen molar-refractivity contribution < 1.29 is 4.79 Å². The molecule has 0 aromatic carbocycles. The van der Waals surface area contributed by atoms with E-state index < -0.39 is 0 Å². The van der Waals surface area contributed by atoms with Crippen LogP contribution in [0.3, 0.4) is 0 Å². The molecule has 0 radical (unpaired) electrons. The Morgan fingerprint density at radius 3 is 3.00 bits per heavy atom. The fraction of sp³-hybridized carbons (Fsp3) is 0.714. The van der Waals surface area contributed by atoms with E-state index in [-0.39, 0.29) is 5.91 Å². The molecule has 1 amide bonds. The minimum Gasteiger partial charge on any atom is -0.356 e. The lowest BCUT2D eigenvalue weighted by atomic mass is 9.93. The number of hydrogen-bond donors (Lipinski definition) is 2. The second-order valence-electron chi connectivity index (χ2n) is 5.35. The van der Waals surface area contributed by atoms with Crippen LogP contribution in [-0.4, -0.2) is 35.3 Å². The maximum absolute atomic E-state index is 11.7. The lowest BCUT2D eigenvalue weighted by Crippen LogP contribution is -2.30. The van der Waals surface area contributed by atoms with Gasteiger partial charge in [-0.3, -0.25) is 9.48 Å². The molecule has 1 aromatic heterocycles. The molecule has 2 rings (SSSR count). The van der Waals surface area contributed by atoms with E-state index in [1.165, 1.54) is 18.4 Å². The molecule has 0 atom stereocenters. The number of amides is 1. The number of piperidine rings is 1. The SMILES string of the molecule is Cn1cc(CCNC(=O)CCC2CCNCC2)cn1. The molecule has 1 fully saturated rings. The Morgan fingerprint density at radius 1 is 1.53 bits per heavy atom. The number of carbonyl (C=O) groups is 1. The van der Waals surface area contributed by atoms with E-state index in [0.29, 0.717) is 13.0 Å². The van der Waals surface area contributed by atoms with Crippen molar-refractivity contribution >= 4 is 5.91 Å². The Morgan fingerprint density at radius 2 is 2.32 bits per heavy atom. The van der Waals surface area contributed by atoms with Crippen molar-refractivity contribution in [1.82, 2.24) is 20.4 Å². The largest absolute Gasteiger partial charge is 0.356 e. The van der Waals surface area contributed by atoms with Gasteiger partial charge in [0.15, 0.2) is 0 Å². The highest BCUT2D eigenvalue weighted by Crippen LogP contribution is 2.17. The van der Waals surface area contributed by atoms with E-state index in [2.05, 4.69) is 15.7 Å². The lowest BCUT2D eigenvalue weighted by Gasteiger charge is -2.22. The van der Waals surface area contributed by atoms with E-state index in [9.17, 15) is 4.79 Å². The number of hydrogen-bond acceptors (Lipinski definition) is 3. The summed E-state index contributed by atoms with van der Waals surface area (Å²) >= 11 is 0. The first-order valence-corrected chi connectivity index (χ1v) is 7.19. The van der Waals surface area contributed by atoms with Crippen LogP contribution in [0.4, 0.5) is 0 Å². The van der Waals surface area contributed by atoms with Crippen LogP contribution >= 0.6 is 0 Å². The molecular formula is C14H24N4O. The summed E-state index contributed by atoms with van der Waals surface area (Å²) in [7, 11) is 1.90. The highest BCUT2D eigenvalue weighted by atomic mass is 16.1. The van der Waals surface area contributed by atoms with Crippen LogP contribution in [0.15, 0.2) is 12.4 Å². The van der Waals surface area contributed by atoms with Gasteiger partial charge in [-0.2, -0.15) is 5.10 Å². The number of nitrogens with zero attached hydrogens (tertiary/aromatic N) is 2. The van der Waals surface area contributed by atoms with Gasteiger partial charge in [0.25, 0.3) is 0 Å². The molecule has 0 spiro atoms. The van der Waals surface area contributed by atoms with E-state index in [1.807, 2.05) is 19.4 Å². The summed E-state index contributed by atoms with van der Waals surface area (Å²) in [6.07, 6.45) is 8.80. The minimum absolute atomic E-state index is 0.183. The maximum atomic E-state index is 11.7. The van der Waals surface area contributed by atoms with E-state index >= 15 is 0 Å². The molecule has 2 heterocycles. The van der Waals surface area contributed by atoms with Gasteiger partial charge in [-0.05, 0) is 50.3 Å². The Balaban J connectivity index is 1.56. The lowest BCUT2D eigenvalue weighted by molar-refractivity contribution is -0.121. The zero-order valence-corrected chi connectivity index (χ0v) is 11.7. The average molecular weight is 264 g/mol. The van der Waals surface area contributed by atoms with Crippen LogP contribution in [0, 0.1) is 5.92 Å². The Labute approximate surface area is 114 Å². The molecule has 1 saturated heterocycles. The van der Waals surface area contributed by atoms with Crippen LogP contribution < -0.4 is 10.6 Å². The van der Waals surface area contributed by atoms with Gasteiger partial charge in [0.1, 0.15) is 0 Å². The molecule has 106 valence electrons. The molecule has 5 heteroatoms. The van der Waals surface area contributed by atoms with Crippen LogP contribution in [0.2, 0.25) is 0 Å². The molecule has 0 bridgehead atoms. The van der Waals surface area contributed by atoms with Gasteiger partial charge in [-0.1, -0.05) is 0 Å². The van der Waals surface area contributed by atoms with Crippen molar-refractivity contribution in [2.75, 3.05) is 19.6 Å². The van der Waals surface area contributed by atoms with Crippen LogP contribution in [0.5, 0.6) is 0 Å². The van der Waals surface area contributed by atoms with Crippen molar-refractivity contribution in [2.24, 2.45) is 13.0 Å². The van der Waals surface area contributed by atoms with E-state index in [0.717, 1.165) is 31.8 Å². The van der Waals surface area contributed by atoms with Gasteiger partial charge >= 0.3 is 0 Å². The first kappa shape index (κ1) is 14.1. The smallest absolute Gasteiger partial charge is 0.220 e. The minimum atomic E-state index is 0.183. The van der Waals surface area contributed by atoms with E-state index in [4.69, 9.17) is 0 Å². The fourth-order valence-electron chi connectivity index (χ4n) is 2.54. The third kappa shape index (κ3) is 5.03. The summed E-state index contributed by atoms with van der Waals surface area (Å²) in [5.41, 5.74) is 1.17. The second kappa shape index (κ2) is 7.28. The molecule has 1 aromatic rings. The van der Waals surface area contributed by atoms with Gasteiger partial charge in [-0.25, -0.2) is 0 Å². The van der Waals surface area contributed by atoms with Crippen molar-refractivity contribution in [3.8, 4) is 0 Å². The molecular weight excluding hydrogens is 240 g/mol. The summed E-state index contributed by atoms with van der Waals surface area (Å²) in [6, 6.07) is 0. The predicted molar refractivity (Wildman–Crippen MR) is 74.7 cm³/mol. The molecule has 0 unspecified atom stereocenters. The van der Waals surface area contributed by atoms with Gasteiger partial charge in [0.2, 0.25) is 5.91 Å². The van der Waals surface area contributed by atoms with Gasteiger partial charge in [0, 0.05) is 26.2 Å².